The first-order chi connectivity index (χ1) is 11.5. The highest BCUT2D eigenvalue weighted by atomic mass is 16.5. The molecule has 0 aliphatic carbocycles. The van der Waals surface area contributed by atoms with Crippen LogP contribution < -0.4 is 14.8 Å². The molecule has 0 fully saturated rings. The number of carbonyl (C=O) groups is 1. The van der Waals surface area contributed by atoms with Crippen molar-refractivity contribution < 1.29 is 14.3 Å². The first-order valence-corrected chi connectivity index (χ1v) is 7.77. The summed E-state index contributed by atoms with van der Waals surface area (Å²) < 4.78 is 10.7. The Labute approximate surface area is 142 Å². The van der Waals surface area contributed by atoms with Gasteiger partial charge in [-0.3, -0.25) is 4.79 Å². The topological polar surface area (TPSA) is 60.5 Å². The van der Waals surface area contributed by atoms with Crippen molar-refractivity contribution in [1.82, 2.24) is 4.98 Å². The molecular weight excluding hydrogens is 304 g/mol. The third-order valence-corrected chi connectivity index (χ3v) is 3.52. The van der Waals surface area contributed by atoms with Crippen LogP contribution in [0.15, 0.2) is 36.5 Å². The number of ether oxygens (including phenoxy) is 2. The molecule has 0 aliphatic heterocycles. The lowest BCUT2D eigenvalue weighted by Gasteiger charge is -2.10. The number of aryl methyl sites for hydroxylation is 2. The van der Waals surface area contributed by atoms with E-state index in [1.807, 2.05) is 32.9 Å². The molecule has 5 heteroatoms. The van der Waals surface area contributed by atoms with Gasteiger partial charge in [0.2, 0.25) is 5.91 Å². The summed E-state index contributed by atoms with van der Waals surface area (Å²) in [6, 6.07) is 7.42. The summed E-state index contributed by atoms with van der Waals surface area (Å²) in [6.45, 7) is 6.36. The highest BCUT2D eigenvalue weighted by Gasteiger charge is 2.07. The number of aromatic nitrogens is 1. The third-order valence-electron chi connectivity index (χ3n) is 3.52. The molecule has 2 rings (SSSR count). The fraction of sp³-hybridized carbons (Fsp3) is 0.263. The van der Waals surface area contributed by atoms with Gasteiger partial charge in [-0.05, 0) is 67.8 Å². The summed E-state index contributed by atoms with van der Waals surface area (Å²) in [7, 11) is 1.64. The van der Waals surface area contributed by atoms with Crippen molar-refractivity contribution in [2.45, 2.75) is 20.8 Å². The molecule has 0 bridgehead atoms. The molecule has 1 amide bonds. The van der Waals surface area contributed by atoms with E-state index in [2.05, 4.69) is 10.3 Å². The fourth-order valence-electron chi connectivity index (χ4n) is 2.39. The van der Waals surface area contributed by atoms with Gasteiger partial charge in [-0.2, -0.15) is 0 Å². The maximum atomic E-state index is 12.2. The van der Waals surface area contributed by atoms with Crippen LogP contribution in [-0.2, 0) is 4.79 Å². The molecule has 1 aromatic carbocycles. The Morgan fingerprint density at radius 2 is 2.00 bits per heavy atom. The third kappa shape index (κ3) is 4.35. The highest BCUT2D eigenvalue weighted by molar-refractivity contribution is 6.02. The number of methoxy groups -OCH3 is 1. The second-order valence-corrected chi connectivity index (χ2v) is 5.28. The predicted molar refractivity (Wildman–Crippen MR) is 95.5 cm³/mol. The van der Waals surface area contributed by atoms with Gasteiger partial charge in [0.15, 0.2) is 11.6 Å². The number of benzene rings is 1. The zero-order valence-corrected chi connectivity index (χ0v) is 14.4. The number of nitrogens with one attached hydrogen (secondary N) is 1. The van der Waals surface area contributed by atoms with Crippen molar-refractivity contribution >= 4 is 17.8 Å². The minimum atomic E-state index is -0.260. The van der Waals surface area contributed by atoms with Crippen molar-refractivity contribution in [3.05, 3.63) is 53.2 Å². The van der Waals surface area contributed by atoms with E-state index in [4.69, 9.17) is 9.47 Å². The van der Waals surface area contributed by atoms with E-state index in [0.29, 0.717) is 18.2 Å². The molecule has 1 aromatic heterocycles. The van der Waals surface area contributed by atoms with Crippen LogP contribution in [-0.4, -0.2) is 24.6 Å². The summed E-state index contributed by atoms with van der Waals surface area (Å²) in [4.78, 5) is 16.3. The molecular formula is C19H22N2O3. The molecule has 0 radical (unpaired) electrons. The van der Waals surface area contributed by atoms with Crippen LogP contribution in [0.3, 0.4) is 0 Å². The van der Waals surface area contributed by atoms with Gasteiger partial charge in [0.25, 0.3) is 0 Å². The second kappa shape index (κ2) is 8.15. The van der Waals surface area contributed by atoms with Gasteiger partial charge < -0.3 is 14.8 Å². The Morgan fingerprint density at radius 3 is 2.62 bits per heavy atom. The molecule has 0 unspecified atom stereocenters. The smallest absolute Gasteiger partial charge is 0.249 e. The number of anilines is 1. The van der Waals surface area contributed by atoms with E-state index < -0.39 is 0 Å². The summed E-state index contributed by atoms with van der Waals surface area (Å²) >= 11 is 0. The molecule has 1 N–H and O–H groups in total. The Kier molecular flexibility index (Phi) is 5.95. The summed E-state index contributed by atoms with van der Waals surface area (Å²) in [6.07, 6.45) is 4.90. The molecule has 126 valence electrons. The maximum Gasteiger partial charge on any atom is 0.249 e. The van der Waals surface area contributed by atoms with Gasteiger partial charge in [-0.1, -0.05) is 0 Å². The number of nitrogens with zero attached hydrogens (tertiary/aromatic N) is 1. The SMILES string of the molecule is CCOc1cccnc1NC(=O)/C=C/c1c(C)cc(OC)cc1C. The fourth-order valence-corrected chi connectivity index (χ4v) is 2.39. The first kappa shape index (κ1) is 17.5. The van der Waals surface area contributed by atoms with E-state index in [1.54, 1.807) is 31.5 Å². The zero-order valence-electron chi connectivity index (χ0n) is 14.4. The van der Waals surface area contributed by atoms with E-state index in [0.717, 1.165) is 22.4 Å². The molecule has 0 aliphatic rings. The van der Waals surface area contributed by atoms with Crippen LogP contribution in [0.2, 0.25) is 0 Å². The van der Waals surface area contributed by atoms with E-state index in [9.17, 15) is 4.79 Å². The van der Waals surface area contributed by atoms with E-state index >= 15 is 0 Å². The Bertz CT molecular complexity index is 731. The number of hydrogen-bond donors (Lipinski definition) is 1. The zero-order chi connectivity index (χ0) is 17.5. The van der Waals surface area contributed by atoms with Crippen molar-refractivity contribution in [3.63, 3.8) is 0 Å². The largest absolute Gasteiger partial charge is 0.497 e. The Balaban J connectivity index is 2.14. The molecule has 24 heavy (non-hydrogen) atoms. The minimum absolute atomic E-state index is 0.260. The van der Waals surface area contributed by atoms with Crippen molar-refractivity contribution in [1.29, 1.82) is 0 Å². The predicted octanol–water partition coefficient (Wildman–Crippen LogP) is 3.76. The molecule has 0 spiro atoms. The second-order valence-electron chi connectivity index (χ2n) is 5.28. The van der Waals surface area contributed by atoms with Crippen LogP contribution in [0.5, 0.6) is 11.5 Å². The van der Waals surface area contributed by atoms with Gasteiger partial charge in [-0.15, -0.1) is 0 Å². The standard InChI is InChI=1S/C19H22N2O3/c1-5-24-17-7-6-10-20-19(17)21-18(22)9-8-16-13(2)11-15(23-4)12-14(16)3/h6-12H,5H2,1-4H3,(H,20,21,22)/b9-8+. The minimum Gasteiger partial charge on any atom is -0.497 e. The Hall–Kier alpha value is -2.82. The summed E-state index contributed by atoms with van der Waals surface area (Å²) in [5, 5.41) is 2.74. The molecule has 2 aromatic rings. The summed E-state index contributed by atoms with van der Waals surface area (Å²) in [5.74, 6) is 1.52. The number of amides is 1. The van der Waals surface area contributed by atoms with Crippen LogP contribution in [0, 0.1) is 13.8 Å². The summed E-state index contributed by atoms with van der Waals surface area (Å²) in [5.41, 5.74) is 3.09. The van der Waals surface area contributed by atoms with Gasteiger partial charge in [0, 0.05) is 12.3 Å². The first-order valence-electron chi connectivity index (χ1n) is 7.77. The maximum absolute atomic E-state index is 12.2. The molecule has 5 nitrogen and oxygen atoms in total. The van der Waals surface area contributed by atoms with Gasteiger partial charge >= 0.3 is 0 Å². The average molecular weight is 326 g/mol. The van der Waals surface area contributed by atoms with Crippen LogP contribution >= 0.6 is 0 Å². The lowest BCUT2D eigenvalue weighted by Crippen LogP contribution is -2.11. The number of pyridine rings is 1. The van der Waals surface area contributed by atoms with Gasteiger partial charge in [0.1, 0.15) is 5.75 Å². The normalized spacial score (nSPS) is 10.7. The molecule has 1 heterocycles. The van der Waals surface area contributed by atoms with E-state index in [-0.39, 0.29) is 5.91 Å². The lowest BCUT2D eigenvalue weighted by atomic mass is 10.0. The molecule has 0 saturated heterocycles. The number of hydrogen-bond acceptors (Lipinski definition) is 4. The van der Waals surface area contributed by atoms with Crippen molar-refractivity contribution in [2.24, 2.45) is 0 Å². The average Bonchev–Trinajstić information content (AvgIpc) is 2.56. The van der Waals surface area contributed by atoms with Crippen LogP contribution in [0.4, 0.5) is 5.82 Å². The number of rotatable bonds is 6. The van der Waals surface area contributed by atoms with Crippen LogP contribution in [0.1, 0.15) is 23.6 Å². The number of carbonyl (C=O) groups excluding carboxylic acids is 1. The monoisotopic (exact) mass is 326 g/mol. The van der Waals surface area contributed by atoms with Crippen molar-refractivity contribution in [3.8, 4) is 11.5 Å². The Morgan fingerprint density at radius 1 is 1.29 bits per heavy atom. The molecule has 0 atom stereocenters. The lowest BCUT2D eigenvalue weighted by molar-refractivity contribution is -0.111. The quantitative estimate of drug-likeness (QED) is 0.821. The van der Waals surface area contributed by atoms with Gasteiger partial charge in [0.05, 0.1) is 13.7 Å². The molecule has 0 saturated carbocycles. The van der Waals surface area contributed by atoms with Crippen LogP contribution in [0.25, 0.3) is 6.08 Å². The van der Waals surface area contributed by atoms with E-state index in [1.165, 1.54) is 6.08 Å². The van der Waals surface area contributed by atoms with Gasteiger partial charge in [-0.25, -0.2) is 4.98 Å². The van der Waals surface area contributed by atoms with Crippen molar-refractivity contribution in [2.75, 3.05) is 19.0 Å². The highest BCUT2D eigenvalue weighted by Crippen LogP contribution is 2.23.